The molecule has 0 aliphatic carbocycles. The first kappa shape index (κ1) is 13.7. The second-order valence-corrected chi connectivity index (χ2v) is 5.97. The molecule has 0 unspecified atom stereocenters. The van der Waals surface area contributed by atoms with Crippen LogP contribution in [0, 0.1) is 5.92 Å². The van der Waals surface area contributed by atoms with E-state index in [1.165, 1.54) is 12.1 Å². The smallest absolute Gasteiger partial charge is 0.250 e. The van der Waals surface area contributed by atoms with Crippen LogP contribution in [0.5, 0.6) is 0 Å². The van der Waals surface area contributed by atoms with E-state index >= 15 is 0 Å². The molecule has 0 N–H and O–H groups in total. The lowest BCUT2D eigenvalue weighted by atomic mass is 9.83. The van der Waals surface area contributed by atoms with Gasteiger partial charge in [0.2, 0.25) is 0 Å². The molecule has 2 bridgehead atoms. The van der Waals surface area contributed by atoms with Crippen LogP contribution >= 0.6 is 12.2 Å². The molecule has 5 heteroatoms. The molecule has 0 radical (unpaired) electrons. The van der Waals surface area contributed by atoms with Gasteiger partial charge in [-0.1, -0.05) is 6.07 Å². The molecule has 1 fully saturated rings. The molecule has 20 heavy (non-hydrogen) atoms. The number of piperidine rings is 1. The minimum absolute atomic E-state index is 0.154. The van der Waals surface area contributed by atoms with Crippen molar-refractivity contribution in [3.63, 3.8) is 0 Å². The summed E-state index contributed by atoms with van der Waals surface area (Å²) in [6.07, 6.45) is 2.25. The molecule has 1 aromatic heterocycles. The average Bonchev–Trinajstić information content (AvgIpc) is 2.45. The second kappa shape index (κ2) is 6.00. The van der Waals surface area contributed by atoms with Gasteiger partial charge in [-0.15, -0.1) is 0 Å². The van der Waals surface area contributed by atoms with Gasteiger partial charge in [-0.3, -0.25) is 4.79 Å². The normalized spacial score (nSPS) is 24.8. The summed E-state index contributed by atoms with van der Waals surface area (Å²) in [7, 11) is 0. The lowest BCUT2D eigenvalue weighted by Crippen LogP contribution is -2.47. The summed E-state index contributed by atoms with van der Waals surface area (Å²) < 4.78 is 1.98. The van der Waals surface area contributed by atoms with E-state index in [0.717, 1.165) is 39.1 Å². The Kier molecular flexibility index (Phi) is 4.10. The predicted molar refractivity (Wildman–Crippen MR) is 82.5 cm³/mol. The van der Waals surface area contributed by atoms with Crippen LogP contribution in [0.15, 0.2) is 28.0 Å². The summed E-state index contributed by atoms with van der Waals surface area (Å²) in [5.41, 5.74) is 1.37. The highest BCUT2D eigenvalue weighted by atomic mass is 32.1. The Morgan fingerprint density at radius 2 is 2.25 bits per heavy atom. The number of pyridine rings is 1. The molecule has 2 aliphatic rings. The van der Waals surface area contributed by atoms with E-state index in [9.17, 15) is 4.79 Å². The van der Waals surface area contributed by atoms with Crippen LogP contribution in [0.4, 0.5) is 0 Å². The molecule has 1 saturated heterocycles. The number of likely N-dealkylation sites (tertiary alicyclic amines) is 1. The second-order valence-electron chi connectivity index (χ2n) is 5.78. The molecule has 3 heterocycles. The maximum atomic E-state index is 11.9. The Morgan fingerprint density at radius 1 is 1.35 bits per heavy atom. The number of thiocarbonyl (C=S) groups is 1. The first-order valence-electron chi connectivity index (χ1n) is 7.23. The Hall–Kier alpha value is -1.29. The first-order valence-corrected chi connectivity index (χ1v) is 7.64. The zero-order chi connectivity index (χ0) is 13.9. The molecule has 4 nitrogen and oxygen atoms in total. The molecule has 2 aliphatic heterocycles. The minimum Gasteiger partial charge on any atom is -0.312 e. The van der Waals surface area contributed by atoms with Crippen LogP contribution in [0.3, 0.4) is 0 Å². The van der Waals surface area contributed by atoms with E-state index in [-0.39, 0.29) is 5.56 Å². The fourth-order valence-electron chi connectivity index (χ4n) is 3.60. The number of aliphatic imine (C=N–C) groups is 1. The largest absolute Gasteiger partial charge is 0.312 e. The Labute approximate surface area is 124 Å². The predicted octanol–water partition coefficient (Wildman–Crippen LogP) is 1.76. The maximum Gasteiger partial charge on any atom is 0.250 e. The highest BCUT2D eigenvalue weighted by molar-refractivity contribution is 7.78. The van der Waals surface area contributed by atoms with Gasteiger partial charge in [-0.05, 0) is 43.6 Å². The van der Waals surface area contributed by atoms with Crippen molar-refractivity contribution >= 4 is 17.4 Å². The van der Waals surface area contributed by atoms with E-state index in [1.807, 2.05) is 10.6 Å². The van der Waals surface area contributed by atoms with Crippen molar-refractivity contribution in [2.45, 2.75) is 25.3 Å². The molecular weight excluding hydrogens is 270 g/mol. The lowest BCUT2D eigenvalue weighted by molar-refractivity contribution is 0.120. The summed E-state index contributed by atoms with van der Waals surface area (Å²) >= 11 is 4.58. The molecule has 0 aromatic carbocycles. The summed E-state index contributed by atoms with van der Waals surface area (Å²) in [4.78, 5) is 18.4. The third kappa shape index (κ3) is 2.75. The summed E-state index contributed by atoms with van der Waals surface area (Å²) in [6.45, 7) is 4.86. The molecule has 1 aromatic rings. The van der Waals surface area contributed by atoms with Crippen molar-refractivity contribution in [3.8, 4) is 0 Å². The quantitative estimate of drug-likeness (QED) is 0.481. The van der Waals surface area contributed by atoms with Gasteiger partial charge in [0.1, 0.15) is 0 Å². The average molecular weight is 289 g/mol. The van der Waals surface area contributed by atoms with Crippen LogP contribution in [-0.2, 0) is 6.54 Å². The van der Waals surface area contributed by atoms with E-state index in [4.69, 9.17) is 0 Å². The fraction of sp³-hybridized carbons (Fsp3) is 0.600. The zero-order valence-electron chi connectivity index (χ0n) is 11.5. The third-order valence-corrected chi connectivity index (χ3v) is 4.49. The van der Waals surface area contributed by atoms with Gasteiger partial charge >= 0.3 is 0 Å². The summed E-state index contributed by atoms with van der Waals surface area (Å²) in [5, 5.41) is 2.42. The van der Waals surface area contributed by atoms with Gasteiger partial charge in [0.25, 0.3) is 5.56 Å². The van der Waals surface area contributed by atoms with Crippen LogP contribution in [-0.4, -0.2) is 40.8 Å². The van der Waals surface area contributed by atoms with E-state index in [2.05, 4.69) is 33.3 Å². The molecule has 106 valence electrons. The Morgan fingerprint density at radius 3 is 3.10 bits per heavy atom. The van der Waals surface area contributed by atoms with Gasteiger partial charge in [-0.25, -0.2) is 4.99 Å². The highest BCUT2D eigenvalue weighted by Crippen LogP contribution is 2.34. The van der Waals surface area contributed by atoms with Gasteiger partial charge < -0.3 is 9.47 Å². The molecular formula is C15H19N3OS. The molecule has 3 rings (SSSR count). The van der Waals surface area contributed by atoms with Crippen molar-refractivity contribution in [2.75, 3.05) is 26.2 Å². The zero-order valence-corrected chi connectivity index (χ0v) is 12.3. The Balaban J connectivity index is 1.70. The lowest BCUT2D eigenvalue weighted by Gasteiger charge is -2.42. The number of hydrogen-bond acceptors (Lipinski definition) is 4. The molecule has 2 atom stereocenters. The molecule has 0 saturated carbocycles. The monoisotopic (exact) mass is 289 g/mol. The van der Waals surface area contributed by atoms with Crippen LogP contribution in [0.25, 0.3) is 0 Å². The van der Waals surface area contributed by atoms with E-state index < -0.39 is 0 Å². The summed E-state index contributed by atoms with van der Waals surface area (Å²) in [5.74, 6) is 1.11. The van der Waals surface area contributed by atoms with Gasteiger partial charge in [0.15, 0.2) is 0 Å². The molecule has 0 spiro atoms. The topological polar surface area (TPSA) is 37.6 Å². The summed E-state index contributed by atoms with van der Waals surface area (Å²) in [6, 6.07) is 5.68. The van der Waals surface area contributed by atoms with Crippen LogP contribution in [0.1, 0.15) is 24.5 Å². The number of fused-ring (bicyclic) bond motifs is 4. The van der Waals surface area contributed by atoms with Gasteiger partial charge in [0, 0.05) is 37.3 Å². The third-order valence-electron chi connectivity index (χ3n) is 4.36. The fourth-order valence-corrected chi connectivity index (χ4v) is 3.69. The van der Waals surface area contributed by atoms with Crippen molar-refractivity contribution in [2.24, 2.45) is 10.9 Å². The molecule has 0 amide bonds. The van der Waals surface area contributed by atoms with Crippen molar-refractivity contribution < 1.29 is 0 Å². The first-order chi connectivity index (χ1) is 9.78. The number of nitrogens with zero attached hydrogens (tertiary/aromatic N) is 3. The maximum absolute atomic E-state index is 11.9. The standard InChI is InChI=1S/C15H19N3OS/c19-15-4-1-3-14-13-7-12(9-18(14)15)8-17(10-13)6-2-5-16-11-20/h1,3-4,12-13H,2,5-10H2/t12-,13+/m0/s1. The van der Waals surface area contributed by atoms with Crippen LogP contribution in [0.2, 0.25) is 0 Å². The van der Waals surface area contributed by atoms with Gasteiger partial charge in [-0.2, -0.15) is 0 Å². The van der Waals surface area contributed by atoms with Crippen molar-refractivity contribution in [1.82, 2.24) is 9.47 Å². The number of rotatable bonds is 4. The van der Waals surface area contributed by atoms with E-state index in [1.54, 1.807) is 6.07 Å². The van der Waals surface area contributed by atoms with Crippen molar-refractivity contribution in [3.05, 3.63) is 34.2 Å². The van der Waals surface area contributed by atoms with Crippen molar-refractivity contribution in [1.29, 1.82) is 0 Å². The number of aromatic nitrogens is 1. The number of isothiocyanates is 1. The van der Waals surface area contributed by atoms with E-state index in [0.29, 0.717) is 11.8 Å². The SMILES string of the molecule is O=c1cccc2n1C[C@H]1C[C@@H]2CN(CCCN=C=S)C1. The Bertz CT molecular complexity index is 591. The van der Waals surface area contributed by atoms with Crippen LogP contribution < -0.4 is 5.56 Å². The highest BCUT2D eigenvalue weighted by Gasteiger charge is 2.33. The van der Waals surface area contributed by atoms with Gasteiger partial charge in [0.05, 0.1) is 11.7 Å². The number of hydrogen-bond donors (Lipinski definition) is 0. The minimum atomic E-state index is 0.154.